The molecule has 2 aromatic heterocycles. The molecule has 2 aromatic carbocycles. The average molecular weight is 641 g/mol. The Morgan fingerprint density at radius 2 is 1.83 bits per heavy atom. The number of amides is 3. The molecule has 0 saturated carbocycles. The van der Waals surface area contributed by atoms with Crippen LogP contribution in [0.4, 0.5) is 10.6 Å². The first kappa shape index (κ1) is 33.8. The zero-order chi connectivity index (χ0) is 33.2. The summed E-state index contributed by atoms with van der Waals surface area (Å²) in [5.41, 5.74) is 10.9. The van der Waals surface area contributed by atoms with Gasteiger partial charge >= 0.3 is 6.03 Å². The zero-order valence-corrected chi connectivity index (χ0v) is 27.8. The van der Waals surface area contributed by atoms with Crippen molar-refractivity contribution in [1.82, 2.24) is 34.6 Å². The second kappa shape index (κ2) is 16.4. The minimum Gasteiger partial charge on any atom is -0.382 e. The minimum atomic E-state index is -0.0480. The Balaban J connectivity index is 1.36. The Hall–Kier alpha value is -4.51. The first-order valence-corrected chi connectivity index (χ1v) is 17.0. The highest BCUT2D eigenvalue weighted by Gasteiger charge is 2.23. The van der Waals surface area contributed by atoms with E-state index in [2.05, 4.69) is 32.8 Å². The highest BCUT2D eigenvalue weighted by molar-refractivity contribution is 6.06. The number of nitrogens with zero attached hydrogens (tertiary/aromatic N) is 6. The number of rotatable bonds is 14. The summed E-state index contributed by atoms with van der Waals surface area (Å²) < 4.78 is 2.28. The third-order valence-corrected chi connectivity index (χ3v) is 8.85. The third kappa shape index (κ3) is 8.45. The summed E-state index contributed by atoms with van der Waals surface area (Å²) in [6.45, 7) is 9.35. The molecule has 11 nitrogen and oxygen atoms in total. The van der Waals surface area contributed by atoms with Crippen LogP contribution in [0.3, 0.4) is 0 Å². The van der Waals surface area contributed by atoms with Gasteiger partial charge in [-0.25, -0.2) is 14.8 Å². The highest BCUT2D eigenvalue weighted by Crippen LogP contribution is 2.29. The van der Waals surface area contributed by atoms with Gasteiger partial charge in [-0.3, -0.25) is 9.69 Å². The fourth-order valence-corrected chi connectivity index (χ4v) is 6.44. The second-order valence-electron chi connectivity index (χ2n) is 12.3. The maximum Gasteiger partial charge on any atom is 0.317 e. The van der Waals surface area contributed by atoms with Crippen molar-refractivity contribution >= 4 is 46.0 Å². The Kier molecular flexibility index (Phi) is 11.8. The van der Waals surface area contributed by atoms with Gasteiger partial charge < -0.3 is 30.2 Å². The molecule has 250 valence electrons. The molecule has 0 bridgehead atoms. The molecule has 5 rings (SSSR count). The minimum absolute atomic E-state index is 0.0480. The first-order chi connectivity index (χ1) is 22.9. The van der Waals surface area contributed by atoms with E-state index in [9.17, 15) is 14.4 Å². The number of aromatic nitrogens is 3. The molecule has 0 radical (unpaired) electrons. The summed E-state index contributed by atoms with van der Waals surface area (Å²) >= 11 is 0. The van der Waals surface area contributed by atoms with Gasteiger partial charge in [-0.05, 0) is 43.4 Å². The second-order valence-corrected chi connectivity index (χ2v) is 12.3. The summed E-state index contributed by atoms with van der Waals surface area (Å²) in [5, 5.41) is 3.91. The number of aryl methyl sites for hydroxylation is 2. The third-order valence-electron chi connectivity index (χ3n) is 8.85. The number of benzene rings is 2. The van der Waals surface area contributed by atoms with Crippen LogP contribution in [0.2, 0.25) is 0 Å². The Bertz CT molecular complexity index is 1690. The van der Waals surface area contributed by atoms with Gasteiger partial charge in [0.25, 0.3) is 0 Å². The number of hydrogen-bond acceptors (Lipinski definition) is 7. The number of imidazole rings is 1. The number of carbonyl (C=O) groups is 3. The maximum atomic E-state index is 14.0. The number of anilines is 1. The highest BCUT2D eigenvalue weighted by atomic mass is 16.2. The monoisotopic (exact) mass is 640 g/mol. The van der Waals surface area contributed by atoms with Gasteiger partial charge in [0.2, 0.25) is 5.91 Å². The summed E-state index contributed by atoms with van der Waals surface area (Å²) in [4.78, 5) is 53.1. The fourth-order valence-electron chi connectivity index (χ4n) is 6.44. The van der Waals surface area contributed by atoms with Crippen molar-refractivity contribution in [2.75, 3.05) is 51.5 Å². The molecule has 1 fully saturated rings. The van der Waals surface area contributed by atoms with Gasteiger partial charge in [-0.15, -0.1) is 0 Å². The Morgan fingerprint density at radius 3 is 2.64 bits per heavy atom. The normalized spacial score (nSPS) is 14.0. The number of urea groups is 1. The lowest BCUT2D eigenvalue weighted by Crippen LogP contribution is -2.44. The number of pyridine rings is 1. The largest absolute Gasteiger partial charge is 0.382 e. The van der Waals surface area contributed by atoms with Crippen LogP contribution >= 0.6 is 0 Å². The van der Waals surface area contributed by atoms with Gasteiger partial charge in [0.15, 0.2) is 5.82 Å². The molecule has 4 aromatic rings. The van der Waals surface area contributed by atoms with E-state index in [0.717, 1.165) is 83.8 Å². The van der Waals surface area contributed by atoms with Crippen LogP contribution in [-0.4, -0.2) is 93.3 Å². The summed E-state index contributed by atoms with van der Waals surface area (Å²) in [6, 6.07) is 15.9. The number of nitrogen functional groups attached to an aromatic ring is 1. The molecule has 1 saturated heterocycles. The molecular formula is C36H48N8O3. The molecule has 0 unspecified atom stereocenters. The van der Waals surface area contributed by atoms with Crippen molar-refractivity contribution in [3.8, 4) is 0 Å². The van der Waals surface area contributed by atoms with Crippen LogP contribution in [0.1, 0.15) is 56.5 Å². The SMILES string of the molecule is CCCCc1nc2c(N)nc3ccccc3c2n1CCCN(Cc1cccc(CC=O)c1)C(=O)CN1CCCN(C(=O)NCC)CC1. The van der Waals surface area contributed by atoms with E-state index in [4.69, 9.17) is 10.7 Å². The smallest absolute Gasteiger partial charge is 0.317 e. The zero-order valence-electron chi connectivity index (χ0n) is 27.8. The predicted molar refractivity (Wildman–Crippen MR) is 186 cm³/mol. The van der Waals surface area contributed by atoms with E-state index >= 15 is 0 Å². The molecule has 47 heavy (non-hydrogen) atoms. The predicted octanol–water partition coefficient (Wildman–Crippen LogP) is 4.41. The van der Waals surface area contributed by atoms with Gasteiger partial charge in [-0.2, -0.15) is 0 Å². The van der Waals surface area contributed by atoms with Crippen molar-refractivity contribution in [3.63, 3.8) is 0 Å². The van der Waals surface area contributed by atoms with Crippen molar-refractivity contribution in [3.05, 3.63) is 65.5 Å². The summed E-state index contributed by atoms with van der Waals surface area (Å²) in [6.07, 6.45) is 5.71. The first-order valence-electron chi connectivity index (χ1n) is 17.0. The number of nitrogens with one attached hydrogen (secondary N) is 1. The van der Waals surface area contributed by atoms with Crippen molar-refractivity contribution < 1.29 is 14.4 Å². The van der Waals surface area contributed by atoms with Crippen LogP contribution < -0.4 is 11.1 Å². The van der Waals surface area contributed by atoms with E-state index < -0.39 is 0 Å². The van der Waals surface area contributed by atoms with Crippen LogP contribution in [0, 0.1) is 0 Å². The quantitative estimate of drug-likeness (QED) is 0.195. The number of unbranched alkanes of at least 4 members (excludes halogenated alkanes) is 1. The number of hydrogen-bond donors (Lipinski definition) is 2. The van der Waals surface area contributed by atoms with Crippen molar-refractivity contribution in [1.29, 1.82) is 0 Å². The van der Waals surface area contributed by atoms with E-state index in [1.165, 1.54) is 0 Å². The van der Waals surface area contributed by atoms with Crippen LogP contribution in [0.25, 0.3) is 21.9 Å². The van der Waals surface area contributed by atoms with E-state index in [1.54, 1.807) is 0 Å². The number of fused-ring (bicyclic) bond motifs is 3. The number of carbonyl (C=O) groups excluding carboxylic acids is 3. The molecule has 0 spiro atoms. The lowest BCUT2D eigenvalue weighted by Gasteiger charge is -2.27. The van der Waals surface area contributed by atoms with Crippen molar-refractivity contribution in [2.45, 2.75) is 65.5 Å². The lowest BCUT2D eigenvalue weighted by atomic mass is 10.1. The molecule has 0 atom stereocenters. The maximum absolute atomic E-state index is 14.0. The van der Waals surface area contributed by atoms with Crippen LogP contribution in [-0.2, 0) is 35.5 Å². The topological polar surface area (TPSA) is 130 Å². The summed E-state index contributed by atoms with van der Waals surface area (Å²) in [5.74, 6) is 1.48. The molecule has 1 aliphatic rings. The lowest BCUT2D eigenvalue weighted by molar-refractivity contribution is -0.133. The molecule has 3 N–H and O–H groups in total. The van der Waals surface area contributed by atoms with Gasteiger partial charge in [0.1, 0.15) is 17.6 Å². The standard InChI is InChI=1S/C36H48N8O3/c1-3-5-15-31-40-33-34(29-13-6-7-14-30(29)39-35(33)37)44(31)20-10-19-43(25-28-12-8-11-27(24-28)16-23-45)32(46)26-41-17-9-18-42(22-21-41)36(47)38-4-2/h6-8,11-14,23-24H,3-5,9-10,15-22,25-26H2,1-2H3,(H2,37,39)(H,38,47). The Morgan fingerprint density at radius 1 is 1.00 bits per heavy atom. The van der Waals surface area contributed by atoms with Crippen LogP contribution in [0.15, 0.2) is 48.5 Å². The molecule has 3 amide bonds. The fraction of sp³-hybridized carbons (Fsp3) is 0.472. The van der Waals surface area contributed by atoms with E-state index in [-0.39, 0.29) is 11.9 Å². The van der Waals surface area contributed by atoms with Gasteiger partial charge in [-0.1, -0.05) is 55.8 Å². The van der Waals surface area contributed by atoms with Crippen molar-refractivity contribution in [2.24, 2.45) is 0 Å². The number of aldehydes is 1. The van der Waals surface area contributed by atoms with Gasteiger partial charge in [0.05, 0.1) is 17.6 Å². The van der Waals surface area contributed by atoms with E-state index in [1.807, 2.05) is 59.2 Å². The molecule has 1 aliphatic heterocycles. The van der Waals surface area contributed by atoms with E-state index in [0.29, 0.717) is 64.6 Å². The molecular weight excluding hydrogens is 592 g/mol. The molecule has 11 heteroatoms. The number of nitrogens with two attached hydrogens (primary N) is 1. The Labute approximate surface area is 277 Å². The number of para-hydroxylation sites is 1. The summed E-state index contributed by atoms with van der Waals surface area (Å²) in [7, 11) is 0. The van der Waals surface area contributed by atoms with Gasteiger partial charge in [0, 0.05) is 70.6 Å². The molecule has 3 heterocycles. The average Bonchev–Trinajstić information content (AvgIpc) is 3.27. The molecule has 0 aliphatic carbocycles. The van der Waals surface area contributed by atoms with Crippen LogP contribution in [0.5, 0.6) is 0 Å².